The lowest BCUT2D eigenvalue weighted by Crippen LogP contribution is -2.28. The van der Waals surface area contributed by atoms with Gasteiger partial charge in [-0.25, -0.2) is 4.39 Å². The Kier molecular flexibility index (Phi) is 8.82. The van der Waals surface area contributed by atoms with E-state index in [2.05, 4.69) is 36.1 Å². The fraction of sp³-hybridized carbons (Fsp3) is 0.381. The van der Waals surface area contributed by atoms with Crippen molar-refractivity contribution in [3.63, 3.8) is 0 Å². The second-order valence-corrected chi connectivity index (χ2v) is 7.99. The standard InChI is InChI=1S/C21H27ClFN7O4/c1-11(2)34-17-7-16(29-30-17)26-20-18(22)19(24-14(8-31)9-32)27-21(28-20)25-15(10-33)12-3-5-13(23)6-4-12/h3-7,11,14-15,31-33H,8-10H2,1-2H3,(H4,24,25,26,27,28,29,30)/t15-/m0/s1. The van der Waals surface area contributed by atoms with E-state index in [1.807, 2.05) is 13.8 Å². The van der Waals surface area contributed by atoms with Crippen LogP contribution < -0.4 is 20.7 Å². The van der Waals surface area contributed by atoms with Gasteiger partial charge < -0.3 is 36.0 Å². The zero-order valence-electron chi connectivity index (χ0n) is 18.6. The fourth-order valence-corrected chi connectivity index (χ4v) is 3.10. The van der Waals surface area contributed by atoms with Gasteiger partial charge in [-0.05, 0) is 31.5 Å². The largest absolute Gasteiger partial charge is 0.474 e. The molecule has 7 N–H and O–H groups in total. The van der Waals surface area contributed by atoms with Crippen molar-refractivity contribution in [2.45, 2.75) is 32.0 Å². The van der Waals surface area contributed by atoms with Crippen molar-refractivity contribution in [1.29, 1.82) is 0 Å². The Morgan fingerprint density at radius 3 is 2.32 bits per heavy atom. The van der Waals surface area contributed by atoms with E-state index in [9.17, 15) is 19.7 Å². The lowest BCUT2D eigenvalue weighted by atomic mass is 10.1. The monoisotopic (exact) mass is 495 g/mol. The highest BCUT2D eigenvalue weighted by molar-refractivity contribution is 6.35. The van der Waals surface area contributed by atoms with Gasteiger partial charge in [0.05, 0.1) is 38.0 Å². The van der Waals surface area contributed by atoms with E-state index in [4.69, 9.17) is 16.3 Å². The van der Waals surface area contributed by atoms with Gasteiger partial charge in [-0.3, -0.25) is 5.10 Å². The van der Waals surface area contributed by atoms with E-state index >= 15 is 0 Å². The zero-order valence-corrected chi connectivity index (χ0v) is 19.3. The fourth-order valence-electron chi connectivity index (χ4n) is 2.91. The third kappa shape index (κ3) is 6.67. The molecule has 0 bridgehead atoms. The van der Waals surface area contributed by atoms with Gasteiger partial charge in [0, 0.05) is 6.07 Å². The van der Waals surface area contributed by atoms with Crippen LogP contribution in [0.5, 0.6) is 5.88 Å². The number of aromatic amines is 1. The summed E-state index contributed by atoms with van der Waals surface area (Å²) in [5.41, 5.74) is 0.610. The molecule has 0 aliphatic carbocycles. The number of aliphatic hydroxyl groups excluding tert-OH is 3. The van der Waals surface area contributed by atoms with Crippen LogP contribution in [-0.4, -0.2) is 67.5 Å². The molecule has 0 aliphatic heterocycles. The summed E-state index contributed by atoms with van der Waals surface area (Å²) in [6.45, 7) is 2.68. The molecule has 0 saturated heterocycles. The van der Waals surface area contributed by atoms with Gasteiger partial charge in [0.1, 0.15) is 16.7 Å². The molecule has 0 fully saturated rings. The van der Waals surface area contributed by atoms with Crippen molar-refractivity contribution in [3.05, 3.63) is 46.7 Å². The van der Waals surface area contributed by atoms with E-state index in [0.29, 0.717) is 17.3 Å². The Balaban J connectivity index is 1.92. The van der Waals surface area contributed by atoms with Crippen LogP contribution in [-0.2, 0) is 0 Å². The van der Waals surface area contributed by atoms with Gasteiger partial charge in [0.25, 0.3) is 0 Å². The number of hydrogen-bond acceptors (Lipinski definition) is 10. The molecule has 2 aromatic heterocycles. The summed E-state index contributed by atoms with van der Waals surface area (Å²) in [5, 5.41) is 44.5. The Morgan fingerprint density at radius 2 is 1.71 bits per heavy atom. The summed E-state index contributed by atoms with van der Waals surface area (Å²) in [6.07, 6.45) is -0.0684. The number of aromatic nitrogens is 4. The van der Waals surface area contributed by atoms with Crippen LogP contribution in [0.3, 0.4) is 0 Å². The third-order valence-electron chi connectivity index (χ3n) is 4.55. The average molecular weight is 496 g/mol. The molecule has 13 heteroatoms. The van der Waals surface area contributed by atoms with Crippen LogP contribution in [0, 0.1) is 5.82 Å². The van der Waals surface area contributed by atoms with E-state index in [1.165, 1.54) is 24.3 Å². The second kappa shape index (κ2) is 11.8. The molecule has 1 atom stereocenters. The molecule has 3 rings (SSSR count). The molecule has 0 unspecified atom stereocenters. The smallest absolute Gasteiger partial charge is 0.234 e. The van der Waals surface area contributed by atoms with Gasteiger partial charge in [-0.1, -0.05) is 23.7 Å². The molecule has 11 nitrogen and oxygen atoms in total. The van der Waals surface area contributed by atoms with Gasteiger partial charge in [0.15, 0.2) is 11.6 Å². The maximum atomic E-state index is 13.3. The number of anilines is 4. The summed E-state index contributed by atoms with van der Waals surface area (Å²) < 4.78 is 18.8. The van der Waals surface area contributed by atoms with Crippen molar-refractivity contribution in [1.82, 2.24) is 20.2 Å². The normalized spacial score (nSPS) is 12.1. The number of rotatable bonds is 12. The van der Waals surface area contributed by atoms with Crippen LogP contribution in [0.1, 0.15) is 25.5 Å². The molecular formula is C21H27ClFN7O4. The number of halogens is 2. The minimum atomic E-state index is -0.725. The third-order valence-corrected chi connectivity index (χ3v) is 4.91. The topological polar surface area (TPSA) is 160 Å². The zero-order chi connectivity index (χ0) is 24.7. The molecule has 0 spiro atoms. The number of aliphatic hydroxyl groups is 3. The maximum Gasteiger partial charge on any atom is 0.234 e. The lowest BCUT2D eigenvalue weighted by molar-refractivity contribution is 0.203. The average Bonchev–Trinajstić information content (AvgIpc) is 3.25. The highest BCUT2D eigenvalue weighted by Gasteiger charge is 2.19. The maximum absolute atomic E-state index is 13.3. The molecule has 0 amide bonds. The van der Waals surface area contributed by atoms with Crippen molar-refractivity contribution >= 4 is 35.0 Å². The number of nitrogens with zero attached hydrogens (tertiary/aromatic N) is 3. The number of H-pyrrole nitrogens is 1. The predicted octanol–water partition coefficient (Wildman–Crippen LogP) is 2.43. The molecular weight excluding hydrogens is 469 g/mol. The van der Waals surface area contributed by atoms with Crippen LogP contribution in [0.2, 0.25) is 5.02 Å². The van der Waals surface area contributed by atoms with Gasteiger partial charge >= 0.3 is 0 Å². The number of benzene rings is 1. The first-order valence-corrected chi connectivity index (χ1v) is 10.9. The highest BCUT2D eigenvalue weighted by Crippen LogP contribution is 2.32. The quantitative estimate of drug-likeness (QED) is 0.199. The molecule has 0 saturated carbocycles. The SMILES string of the molecule is CC(C)Oc1cc(Nc2nc(N[C@@H](CO)c3ccc(F)cc3)nc(NC(CO)CO)c2Cl)[nH]n1. The minimum absolute atomic E-state index is 0.0684. The summed E-state index contributed by atoms with van der Waals surface area (Å²) >= 11 is 6.49. The van der Waals surface area contributed by atoms with E-state index in [0.717, 1.165) is 0 Å². The van der Waals surface area contributed by atoms with Crippen molar-refractivity contribution in [3.8, 4) is 5.88 Å². The van der Waals surface area contributed by atoms with E-state index in [-0.39, 0.29) is 48.5 Å². The Bertz CT molecular complexity index is 1060. The Labute approximate surface area is 200 Å². The number of ether oxygens (including phenoxy) is 1. The first-order chi connectivity index (χ1) is 16.3. The van der Waals surface area contributed by atoms with E-state index in [1.54, 1.807) is 6.07 Å². The van der Waals surface area contributed by atoms with Crippen molar-refractivity contribution < 1.29 is 24.4 Å². The molecule has 0 radical (unpaired) electrons. The first kappa shape index (κ1) is 25.4. The van der Waals surface area contributed by atoms with Crippen LogP contribution >= 0.6 is 11.6 Å². The van der Waals surface area contributed by atoms with Crippen LogP contribution in [0.4, 0.5) is 27.8 Å². The van der Waals surface area contributed by atoms with E-state index < -0.39 is 17.9 Å². The Morgan fingerprint density at radius 1 is 1.03 bits per heavy atom. The van der Waals surface area contributed by atoms with Crippen molar-refractivity contribution in [2.75, 3.05) is 35.8 Å². The molecule has 2 heterocycles. The summed E-state index contributed by atoms with van der Waals surface area (Å²) in [4.78, 5) is 8.71. The molecule has 3 aromatic rings. The van der Waals surface area contributed by atoms with Gasteiger partial charge in [-0.2, -0.15) is 9.97 Å². The van der Waals surface area contributed by atoms with Gasteiger partial charge in [0.2, 0.25) is 11.8 Å². The van der Waals surface area contributed by atoms with Crippen LogP contribution in [0.25, 0.3) is 0 Å². The van der Waals surface area contributed by atoms with Crippen molar-refractivity contribution in [2.24, 2.45) is 0 Å². The predicted molar refractivity (Wildman–Crippen MR) is 126 cm³/mol. The number of nitrogens with one attached hydrogen (secondary N) is 4. The highest BCUT2D eigenvalue weighted by atomic mass is 35.5. The second-order valence-electron chi connectivity index (χ2n) is 7.61. The number of hydrogen-bond donors (Lipinski definition) is 7. The lowest BCUT2D eigenvalue weighted by Gasteiger charge is -2.20. The molecule has 1 aromatic carbocycles. The minimum Gasteiger partial charge on any atom is -0.474 e. The van der Waals surface area contributed by atoms with Gasteiger partial charge in [-0.15, -0.1) is 5.10 Å². The van der Waals surface area contributed by atoms with Crippen LogP contribution in [0.15, 0.2) is 30.3 Å². The summed E-state index contributed by atoms with van der Waals surface area (Å²) in [5.74, 6) is 0.782. The Hall–Kier alpha value is -3.19. The first-order valence-electron chi connectivity index (χ1n) is 10.5. The summed E-state index contributed by atoms with van der Waals surface area (Å²) in [6, 6.07) is 5.88. The molecule has 0 aliphatic rings. The molecule has 34 heavy (non-hydrogen) atoms. The molecule has 184 valence electrons. The summed E-state index contributed by atoms with van der Waals surface area (Å²) in [7, 11) is 0.